The first-order valence-electron chi connectivity index (χ1n) is 24.0. The number of amides is 5. The molecule has 0 radical (unpaired) electrons. The van der Waals surface area contributed by atoms with E-state index in [1.165, 1.54) is 24.5 Å². The van der Waals surface area contributed by atoms with Gasteiger partial charge in [-0.2, -0.15) is 10.5 Å². The maximum absolute atomic E-state index is 13.9. The van der Waals surface area contributed by atoms with Gasteiger partial charge < -0.3 is 40.5 Å². The number of carbonyl (C=O) groups is 5. The Labute approximate surface area is 427 Å². The van der Waals surface area contributed by atoms with Crippen molar-refractivity contribution < 1.29 is 51.0 Å². The van der Waals surface area contributed by atoms with Crippen LogP contribution in [0.4, 0.5) is 17.6 Å². The number of nitrogens with one attached hydrogen (secondary N) is 2. The lowest BCUT2D eigenvalue weighted by Gasteiger charge is -2.22. The molecule has 0 bridgehead atoms. The summed E-state index contributed by atoms with van der Waals surface area (Å²) in [5.74, 6) is -8.13. The second-order valence-electron chi connectivity index (χ2n) is 18.0. The van der Waals surface area contributed by atoms with Gasteiger partial charge in [0.25, 0.3) is 23.7 Å². The van der Waals surface area contributed by atoms with Crippen LogP contribution >= 0.6 is 0 Å². The average molecular weight is 1030 g/mol. The molecule has 2 atom stereocenters. The first-order valence-corrected chi connectivity index (χ1v) is 24.0. The van der Waals surface area contributed by atoms with E-state index in [2.05, 4.69) is 20.6 Å². The van der Waals surface area contributed by atoms with Gasteiger partial charge in [0.15, 0.2) is 0 Å². The highest BCUT2D eigenvalue weighted by atomic mass is 19.3. The number of nitrogens with two attached hydrogens (primary N) is 1. The van der Waals surface area contributed by atoms with Crippen LogP contribution in [-0.2, 0) is 14.4 Å². The van der Waals surface area contributed by atoms with Crippen molar-refractivity contribution in [2.45, 2.75) is 49.6 Å². The first kappa shape index (κ1) is 52.6. The number of nitrogens with zero attached hydrogens (tertiary/aromatic N) is 7. The molecule has 0 aliphatic carbocycles. The third-order valence-corrected chi connectivity index (χ3v) is 12.8. The smallest absolute Gasteiger partial charge is 0.268 e. The molecule has 75 heavy (non-hydrogen) atoms. The Hall–Kier alpha value is -8.69. The van der Waals surface area contributed by atoms with E-state index >= 15 is 0 Å². The van der Waals surface area contributed by atoms with Gasteiger partial charge >= 0.3 is 0 Å². The lowest BCUT2D eigenvalue weighted by molar-refractivity contribution is -0.132. The molecule has 2 saturated heterocycles. The second-order valence-corrected chi connectivity index (χ2v) is 18.0. The minimum Gasteiger partial charge on any atom is -0.494 e. The van der Waals surface area contributed by atoms with Gasteiger partial charge in [-0.05, 0) is 95.8 Å². The van der Waals surface area contributed by atoms with Crippen LogP contribution in [0.25, 0.3) is 44.1 Å². The molecular weight excluding hydrogens is 977 g/mol. The Kier molecular flexibility index (Phi) is 16.2. The highest BCUT2D eigenvalue weighted by molar-refractivity contribution is 6.09. The van der Waals surface area contributed by atoms with E-state index < -0.39 is 86.6 Å². The van der Waals surface area contributed by atoms with Crippen LogP contribution in [0.15, 0.2) is 109 Å². The third kappa shape index (κ3) is 12.7. The van der Waals surface area contributed by atoms with Crippen molar-refractivity contribution in [3.63, 3.8) is 0 Å². The summed E-state index contributed by atoms with van der Waals surface area (Å²) in [6, 6.07) is 29.3. The lowest BCUT2D eigenvalue weighted by atomic mass is 10.0. The molecule has 4 N–H and O–H groups in total. The molecule has 0 saturated carbocycles. The van der Waals surface area contributed by atoms with Crippen LogP contribution in [-0.4, -0.2) is 137 Å². The SMILES string of the molecule is N#C[C@@H]1CC(F)(F)CN1C(=O)CNC(=O)c1ccnc2ccc(-c3ccc(OCCCN(CCCOc4ccc(-c5ccc6nccc(C(=O)NCC(=O)N7CC(F)(F)C[C@H]7C#N)c6c5)cc4)C(=O)CN)cc3)cc12. The van der Waals surface area contributed by atoms with Gasteiger partial charge in [0.2, 0.25) is 17.7 Å². The van der Waals surface area contributed by atoms with Crippen LogP contribution in [0.5, 0.6) is 11.5 Å². The summed E-state index contributed by atoms with van der Waals surface area (Å²) in [6.45, 7) is -1.61. The van der Waals surface area contributed by atoms with Crippen molar-refractivity contribution in [2.24, 2.45) is 5.73 Å². The van der Waals surface area contributed by atoms with Crippen LogP contribution in [0.3, 0.4) is 0 Å². The third-order valence-electron chi connectivity index (χ3n) is 12.8. The number of halogens is 4. The number of likely N-dealkylation sites (tertiary alicyclic amines) is 2. The molecule has 21 heteroatoms. The van der Waals surface area contributed by atoms with E-state index in [9.17, 15) is 52.1 Å². The number of benzene rings is 4. The normalized spacial score (nSPS) is 16.5. The summed E-state index contributed by atoms with van der Waals surface area (Å²) < 4.78 is 67.5. The van der Waals surface area contributed by atoms with Gasteiger partial charge in [0, 0.05) is 49.1 Å². The molecule has 6 aromatic rings. The Bertz CT molecular complexity index is 3000. The molecule has 2 aromatic heterocycles. The average Bonchev–Trinajstić information content (AvgIpc) is 3.93. The number of aromatic nitrogens is 2. The highest BCUT2D eigenvalue weighted by Gasteiger charge is 2.48. The number of alkyl halides is 4. The van der Waals surface area contributed by atoms with E-state index in [1.807, 2.05) is 36.4 Å². The van der Waals surface area contributed by atoms with E-state index in [-0.39, 0.29) is 23.6 Å². The number of carbonyl (C=O) groups excluding carboxylic acids is 5. The Morgan fingerprint density at radius 3 is 1.41 bits per heavy atom. The Balaban J connectivity index is 0.785. The van der Waals surface area contributed by atoms with Gasteiger partial charge in [-0.1, -0.05) is 36.4 Å². The van der Waals surface area contributed by atoms with Crippen LogP contribution in [0, 0.1) is 22.7 Å². The molecule has 0 unspecified atom stereocenters. The van der Waals surface area contributed by atoms with E-state index in [0.29, 0.717) is 72.4 Å². The van der Waals surface area contributed by atoms with Gasteiger partial charge in [-0.3, -0.25) is 33.9 Å². The number of pyridine rings is 2. The second kappa shape index (κ2) is 23.0. The summed E-state index contributed by atoms with van der Waals surface area (Å²) >= 11 is 0. The Morgan fingerprint density at radius 2 is 1.03 bits per heavy atom. The molecule has 2 aliphatic rings. The van der Waals surface area contributed by atoms with Gasteiger partial charge in [-0.15, -0.1) is 0 Å². The van der Waals surface area contributed by atoms with E-state index in [4.69, 9.17) is 15.2 Å². The first-order chi connectivity index (χ1) is 36.0. The van der Waals surface area contributed by atoms with E-state index in [0.717, 1.165) is 32.1 Å². The fraction of sp³-hybridized carbons (Fsp3) is 0.315. The topological polar surface area (TPSA) is 237 Å². The zero-order valence-electron chi connectivity index (χ0n) is 40.3. The van der Waals surface area contributed by atoms with Gasteiger partial charge in [0.1, 0.15) is 23.6 Å². The zero-order valence-corrected chi connectivity index (χ0v) is 40.3. The van der Waals surface area contributed by atoms with Crippen LogP contribution in [0.1, 0.15) is 46.4 Å². The maximum Gasteiger partial charge on any atom is 0.268 e. The number of fused-ring (bicyclic) bond motifs is 2. The number of ether oxygens (including phenoxy) is 2. The van der Waals surface area contributed by atoms with Crippen molar-refractivity contribution in [3.8, 4) is 45.9 Å². The molecular formula is C54H50F4N10O7. The largest absolute Gasteiger partial charge is 0.494 e. The zero-order chi connectivity index (χ0) is 53.3. The van der Waals surface area contributed by atoms with Crippen molar-refractivity contribution in [1.29, 1.82) is 10.5 Å². The van der Waals surface area contributed by atoms with Crippen LogP contribution in [0.2, 0.25) is 0 Å². The standard InChI is InChI=1S/C54H50F4N10O7/c55-53(56)25-38(27-59)67(32-53)49(70)30-64-51(72)42-15-17-62-46-13-7-36(23-44(42)46)34-3-9-40(10-4-34)74-21-1-19-66(48(69)29-61)20-2-22-75-41-11-5-35(6-12-41)37-8-14-47-45(24-37)43(16-18-63-47)52(73)65-31-50(71)68-33-54(57,58)26-39(68)28-60/h3-18,23-24,38-39H,1-2,19-22,25-26,29-33,61H2,(H,64,72)(H,65,73)/t38-,39-/m0/s1. The van der Waals surface area contributed by atoms with E-state index in [1.54, 1.807) is 65.6 Å². The van der Waals surface area contributed by atoms with Crippen LogP contribution < -0.4 is 25.8 Å². The molecule has 4 heterocycles. The molecule has 17 nitrogen and oxygen atoms in total. The number of hydrogen-bond donors (Lipinski definition) is 3. The molecule has 386 valence electrons. The molecule has 4 aromatic carbocycles. The monoisotopic (exact) mass is 1030 g/mol. The molecule has 0 spiro atoms. The minimum atomic E-state index is -3.17. The van der Waals surface area contributed by atoms with Crippen molar-refractivity contribution in [1.82, 2.24) is 35.3 Å². The summed E-state index contributed by atoms with van der Waals surface area (Å²) in [5.41, 5.74) is 10.4. The Morgan fingerprint density at radius 1 is 0.627 bits per heavy atom. The molecule has 8 rings (SSSR count). The summed E-state index contributed by atoms with van der Waals surface area (Å²) in [4.78, 5) is 76.5. The quantitative estimate of drug-likeness (QED) is 0.0615. The predicted octanol–water partition coefficient (Wildman–Crippen LogP) is 6.12. The van der Waals surface area contributed by atoms with Gasteiger partial charge in [-0.25, -0.2) is 17.6 Å². The maximum atomic E-state index is 13.9. The van der Waals surface area contributed by atoms with Crippen molar-refractivity contribution in [2.75, 3.05) is 59.0 Å². The summed E-state index contributed by atoms with van der Waals surface area (Å²) in [5, 5.41) is 24.5. The summed E-state index contributed by atoms with van der Waals surface area (Å²) in [7, 11) is 0. The fourth-order valence-electron chi connectivity index (χ4n) is 9.01. The van der Waals surface area contributed by atoms with Crippen molar-refractivity contribution >= 4 is 51.3 Å². The summed E-state index contributed by atoms with van der Waals surface area (Å²) in [6.07, 6.45) is 2.46. The number of hydrogen-bond acceptors (Lipinski definition) is 12. The molecule has 2 fully saturated rings. The van der Waals surface area contributed by atoms with Gasteiger partial charge in [0.05, 0.1) is 80.2 Å². The number of rotatable bonds is 19. The lowest BCUT2D eigenvalue weighted by Crippen LogP contribution is -2.43. The number of nitriles is 2. The molecule has 2 aliphatic heterocycles. The fourth-order valence-corrected chi connectivity index (χ4v) is 9.01. The minimum absolute atomic E-state index is 0.156. The molecule has 5 amide bonds. The highest BCUT2D eigenvalue weighted by Crippen LogP contribution is 2.34. The predicted molar refractivity (Wildman–Crippen MR) is 266 cm³/mol. The van der Waals surface area contributed by atoms with Crippen molar-refractivity contribution in [3.05, 3.63) is 121 Å².